The number of amides is 1. The van der Waals surface area contributed by atoms with Crippen molar-refractivity contribution in [2.75, 3.05) is 0 Å². The van der Waals surface area contributed by atoms with Crippen LogP contribution in [0.15, 0.2) is 24.5 Å². The lowest BCUT2D eigenvalue weighted by atomic mass is 10.1. The Morgan fingerprint density at radius 3 is 2.78 bits per heavy atom. The number of hydrogen-bond acceptors (Lipinski definition) is 3. The molecule has 3 N–H and O–H groups in total. The molecule has 0 radical (unpaired) electrons. The maximum Gasteiger partial charge on any atom is 0.223 e. The summed E-state index contributed by atoms with van der Waals surface area (Å²) in [6, 6.07) is 4.02. The van der Waals surface area contributed by atoms with E-state index >= 15 is 0 Å². The molecule has 18 heavy (non-hydrogen) atoms. The van der Waals surface area contributed by atoms with Gasteiger partial charge in [-0.25, -0.2) is 0 Å². The zero-order valence-electron chi connectivity index (χ0n) is 10.0. The zero-order valence-corrected chi connectivity index (χ0v) is 11.7. The van der Waals surface area contributed by atoms with E-state index in [0.717, 1.165) is 24.8 Å². The van der Waals surface area contributed by atoms with Gasteiger partial charge in [0.1, 0.15) is 0 Å². The molecule has 4 nitrogen and oxygen atoms in total. The molecule has 1 fully saturated rings. The van der Waals surface area contributed by atoms with E-state index in [0.29, 0.717) is 6.54 Å². The lowest BCUT2D eigenvalue weighted by molar-refractivity contribution is -0.125. The van der Waals surface area contributed by atoms with Gasteiger partial charge in [0.2, 0.25) is 5.91 Å². The fourth-order valence-corrected chi connectivity index (χ4v) is 2.09. The molecule has 6 heteroatoms. The molecule has 0 saturated heterocycles. The van der Waals surface area contributed by atoms with Crippen molar-refractivity contribution < 1.29 is 4.79 Å². The standard InChI is InChI=1S/C12H17N3O.2ClH/c13-11-4-3-10(6-11)12(16)15-8-9-2-1-5-14-7-9;;/h1-2,5,7,10-11H,3-4,6,8,13H2,(H,15,16);2*1H. The molecule has 2 rings (SSSR count). The van der Waals surface area contributed by atoms with Crippen molar-refractivity contribution in [2.45, 2.75) is 31.8 Å². The van der Waals surface area contributed by atoms with Crippen LogP contribution in [-0.4, -0.2) is 16.9 Å². The van der Waals surface area contributed by atoms with Gasteiger partial charge in [0.25, 0.3) is 0 Å². The van der Waals surface area contributed by atoms with Crippen LogP contribution in [0.25, 0.3) is 0 Å². The largest absolute Gasteiger partial charge is 0.352 e. The number of aromatic nitrogens is 1. The SMILES string of the molecule is Cl.Cl.NC1CCC(C(=O)NCc2cccnc2)C1. The van der Waals surface area contributed by atoms with Crippen molar-refractivity contribution in [3.63, 3.8) is 0 Å². The Morgan fingerprint density at radius 1 is 1.44 bits per heavy atom. The summed E-state index contributed by atoms with van der Waals surface area (Å²) >= 11 is 0. The predicted molar refractivity (Wildman–Crippen MR) is 75.9 cm³/mol. The molecule has 1 heterocycles. The molecule has 1 aliphatic carbocycles. The lowest BCUT2D eigenvalue weighted by Crippen LogP contribution is -2.30. The van der Waals surface area contributed by atoms with E-state index in [1.54, 1.807) is 12.4 Å². The summed E-state index contributed by atoms with van der Waals surface area (Å²) in [5.74, 6) is 0.225. The van der Waals surface area contributed by atoms with Gasteiger partial charge in [-0.05, 0) is 30.9 Å². The fourth-order valence-electron chi connectivity index (χ4n) is 2.09. The molecule has 0 spiro atoms. The van der Waals surface area contributed by atoms with Gasteiger partial charge in [-0.1, -0.05) is 6.07 Å². The van der Waals surface area contributed by atoms with E-state index < -0.39 is 0 Å². The van der Waals surface area contributed by atoms with Gasteiger partial charge in [0.05, 0.1) is 0 Å². The third-order valence-corrected chi connectivity index (χ3v) is 3.03. The molecule has 0 aromatic carbocycles. The molecule has 1 aromatic heterocycles. The number of hydrogen-bond donors (Lipinski definition) is 2. The first-order valence-electron chi connectivity index (χ1n) is 5.68. The normalized spacial score (nSPS) is 21.6. The highest BCUT2D eigenvalue weighted by atomic mass is 35.5. The van der Waals surface area contributed by atoms with Gasteiger partial charge in [0.15, 0.2) is 0 Å². The fraction of sp³-hybridized carbons (Fsp3) is 0.500. The second-order valence-corrected chi connectivity index (χ2v) is 4.35. The smallest absolute Gasteiger partial charge is 0.223 e. The Kier molecular flexibility index (Phi) is 7.91. The van der Waals surface area contributed by atoms with Crippen molar-refractivity contribution in [3.8, 4) is 0 Å². The first-order valence-corrected chi connectivity index (χ1v) is 5.68. The molecule has 1 aromatic rings. The number of nitrogens with zero attached hydrogens (tertiary/aromatic N) is 1. The molecule has 2 atom stereocenters. The van der Waals surface area contributed by atoms with Gasteiger partial charge in [-0.15, -0.1) is 24.8 Å². The van der Waals surface area contributed by atoms with E-state index in [1.165, 1.54) is 0 Å². The minimum Gasteiger partial charge on any atom is -0.352 e. The predicted octanol–water partition coefficient (Wildman–Crippen LogP) is 1.67. The van der Waals surface area contributed by atoms with Crippen molar-refractivity contribution in [1.82, 2.24) is 10.3 Å². The van der Waals surface area contributed by atoms with Crippen LogP contribution in [0.4, 0.5) is 0 Å². The average molecular weight is 292 g/mol. The topological polar surface area (TPSA) is 68.0 Å². The first-order chi connectivity index (χ1) is 7.75. The first kappa shape index (κ1) is 17.2. The maximum absolute atomic E-state index is 11.8. The Balaban J connectivity index is 0.00000144. The summed E-state index contributed by atoms with van der Waals surface area (Å²) in [4.78, 5) is 15.8. The monoisotopic (exact) mass is 291 g/mol. The van der Waals surface area contributed by atoms with Crippen LogP contribution in [-0.2, 0) is 11.3 Å². The van der Waals surface area contributed by atoms with Crippen LogP contribution >= 0.6 is 24.8 Å². The molecule has 1 amide bonds. The number of carbonyl (C=O) groups is 1. The van der Waals surface area contributed by atoms with Crippen molar-refractivity contribution >= 4 is 30.7 Å². The molecule has 1 aliphatic rings. The Morgan fingerprint density at radius 2 is 2.22 bits per heavy atom. The average Bonchev–Trinajstić information content (AvgIpc) is 2.74. The van der Waals surface area contributed by atoms with E-state index in [2.05, 4.69) is 10.3 Å². The van der Waals surface area contributed by atoms with E-state index in [9.17, 15) is 4.79 Å². The molecular weight excluding hydrogens is 273 g/mol. The van der Waals surface area contributed by atoms with Gasteiger partial charge >= 0.3 is 0 Å². The van der Waals surface area contributed by atoms with Gasteiger partial charge in [-0.3, -0.25) is 9.78 Å². The molecule has 0 bridgehead atoms. The Hall–Kier alpha value is -0.840. The molecule has 1 saturated carbocycles. The summed E-state index contributed by atoms with van der Waals surface area (Å²) in [7, 11) is 0. The van der Waals surface area contributed by atoms with Crippen LogP contribution in [0.2, 0.25) is 0 Å². The maximum atomic E-state index is 11.8. The number of nitrogens with one attached hydrogen (secondary N) is 1. The zero-order chi connectivity index (χ0) is 11.4. The van der Waals surface area contributed by atoms with Crippen LogP contribution in [0.3, 0.4) is 0 Å². The molecule has 102 valence electrons. The van der Waals surface area contributed by atoms with Gasteiger partial charge in [-0.2, -0.15) is 0 Å². The second-order valence-electron chi connectivity index (χ2n) is 4.35. The lowest BCUT2D eigenvalue weighted by Gasteiger charge is -2.10. The molecule has 0 aliphatic heterocycles. The van der Waals surface area contributed by atoms with Crippen molar-refractivity contribution in [2.24, 2.45) is 11.7 Å². The van der Waals surface area contributed by atoms with Crippen LogP contribution in [0.1, 0.15) is 24.8 Å². The third-order valence-electron chi connectivity index (χ3n) is 3.03. The van der Waals surface area contributed by atoms with Crippen LogP contribution in [0.5, 0.6) is 0 Å². The summed E-state index contributed by atoms with van der Waals surface area (Å²) in [5, 5.41) is 2.93. The molecule has 2 unspecified atom stereocenters. The van der Waals surface area contributed by atoms with Crippen molar-refractivity contribution in [1.29, 1.82) is 0 Å². The number of carbonyl (C=O) groups excluding carboxylic acids is 1. The van der Waals surface area contributed by atoms with Gasteiger partial charge in [0, 0.05) is 30.9 Å². The summed E-state index contributed by atoms with van der Waals surface area (Å²) in [6.07, 6.45) is 6.19. The second kappa shape index (κ2) is 8.29. The quantitative estimate of drug-likeness (QED) is 0.890. The highest BCUT2D eigenvalue weighted by molar-refractivity contribution is 5.85. The number of nitrogens with two attached hydrogens (primary N) is 1. The number of pyridine rings is 1. The summed E-state index contributed by atoms with van der Waals surface area (Å²) in [5.41, 5.74) is 6.81. The number of rotatable bonds is 3. The third kappa shape index (κ3) is 4.80. The minimum atomic E-state index is 0. The Bertz CT molecular complexity index is 362. The van der Waals surface area contributed by atoms with E-state index in [1.807, 2.05) is 12.1 Å². The number of halogens is 2. The highest BCUT2D eigenvalue weighted by Crippen LogP contribution is 2.24. The van der Waals surface area contributed by atoms with Crippen LogP contribution < -0.4 is 11.1 Å². The summed E-state index contributed by atoms with van der Waals surface area (Å²) in [6.45, 7) is 0.554. The highest BCUT2D eigenvalue weighted by Gasteiger charge is 2.27. The Labute approximate surface area is 120 Å². The molecular formula is C12H19Cl2N3O. The van der Waals surface area contributed by atoms with Gasteiger partial charge < -0.3 is 11.1 Å². The van der Waals surface area contributed by atoms with E-state index in [-0.39, 0.29) is 42.7 Å². The van der Waals surface area contributed by atoms with E-state index in [4.69, 9.17) is 5.73 Å². The summed E-state index contributed by atoms with van der Waals surface area (Å²) < 4.78 is 0. The van der Waals surface area contributed by atoms with Crippen LogP contribution in [0, 0.1) is 5.92 Å². The minimum absolute atomic E-state index is 0. The van der Waals surface area contributed by atoms with Crippen molar-refractivity contribution in [3.05, 3.63) is 30.1 Å².